The van der Waals surface area contributed by atoms with Crippen LogP contribution in [-0.2, 0) is 6.42 Å². The smallest absolute Gasteiger partial charge is 0.0314 e. The number of hydrogen-bond donors (Lipinski definition) is 0. The number of rotatable bonds is 1. The number of fused-ring (bicyclic) bond motifs is 1. The van der Waals surface area contributed by atoms with Crippen LogP contribution in [0.5, 0.6) is 0 Å². The molecule has 1 aliphatic rings. The first kappa shape index (κ1) is 11.9. The van der Waals surface area contributed by atoms with Crippen LogP contribution in [-0.4, -0.2) is 25.0 Å². The Kier molecular flexibility index (Phi) is 3.23. The molecule has 0 bridgehead atoms. The molecule has 2 aromatic rings. The Morgan fingerprint density at radius 2 is 2.00 bits per heavy atom. The average molecular weight is 257 g/mol. The zero-order valence-electron chi connectivity index (χ0n) is 11.0. The number of benzene rings is 1. The summed E-state index contributed by atoms with van der Waals surface area (Å²) < 4.78 is 0. The number of hydrogen-bond acceptors (Lipinski definition) is 2. The molecule has 2 heteroatoms. The van der Waals surface area contributed by atoms with Gasteiger partial charge >= 0.3 is 0 Å². The summed E-state index contributed by atoms with van der Waals surface area (Å²) in [5.41, 5.74) is 4.53. The van der Waals surface area contributed by atoms with Crippen LogP contribution in [0.1, 0.15) is 27.5 Å². The molecule has 0 saturated heterocycles. The van der Waals surface area contributed by atoms with Gasteiger partial charge in [-0.15, -0.1) is 11.3 Å². The third kappa shape index (κ3) is 2.11. The third-order valence-corrected chi connectivity index (χ3v) is 5.15. The fraction of sp³-hybridized carbons (Fsp3) is 0.375. The largest absolute Gasteiger partial charge is 0.305 e. The average Bonchev–Trinajstić information content (AvgIpc) is 2.66. The van der Waals surface area contributed by atoms with Crippen molar-refractivity contribution in [1.29, 1.82) is 0 Å². The molecule has 1 aromatic heterocycles. The van der Waals surface area contributed by atoms with E-state index in [1.54, 1.807) is 10.4 Å². The molecule has 0 aliphatic carbocycles. The summed E-state index contributed by atoms with van der Waals surface area (Å²) in [5, 5.41) is 2.33. The lowest BCUT2D eigenvalue weighted by Crippen LogP contribution is -2.24. The lowest BCUT2D eigenvalue weighted by Gasteiger charge is -2.20. The van der Waals surface area contributed by atoms with Gasteiger partial charge in [-0.2, -0.15) is 0 Å². The highest BCUT2D eigenvalue weighted by Gasteiger charge is 2.25. The molecule has 1 aromatic carbocycles. The molecule has 0 amide bonds. The second-order valence-corrected chi connectivity index (χ2v) is 6.15. The third-order valence-electron chi connectivity index (χ3n) is 3.89. The Morgan fingerprint density at radius 3 is 2.78 bits per heavy atom. The van der Waals surface area contributed by atoms with Crippen LogP contribution < -0.4 is 0 Å². The predicted octanol–water partition coefficient (Wildman–Crippen LogP) is 3.68. The quantitative estimate of drug-likeness (QED) is 0.753. The standard InChI is InChI=1S/C16H19NS/c1-12-11-18-16-14(12)8-9-17(2)10-15(16)13-6-4-3-5-7-13/h3-7,11,15H,8-10H2,1-2H3. The highest BCUT2D eigenvalue weighted by Crippen LogP contribution is 2.36. The summed E-state index contributed by atoms with van der Waals surface area (Å²) in [6.07, 6.45) is 1.20. The Bertz CT molecular complexity index is 529. The van der Waals surface area contributed by atoms with Gasteiger partial charge in [0.05, 0.1) is 0 Å². The van der Waals surface area contributed by atoms with Crippen molar-refractivity contribution in [3.63, 3.8) is 0 Å². The lowest BCUT2D eigenvalue weighted by atomic mass is 9.94. The molecule has 0 saturated carbocycles. The van der Waals surface area contributed by atoms with Crippen LogP contribution in [0, 0.1) is 6.92 Å². The Balaban J connectivity index is 2.07. The van der Waals surface area contributed by atoms with Crippen molar-refractivity contribution in [2.75, 3.05) is 20.1 Å². The molecule has 3 rings (SSSR count). The molecule has 18 heavy (non-hydrogen) atoms. The van der Waals surface area contributed by atoms with Crippen LogP contribution in [0.3, 0.4) is 0 Å². The van der Waals surface area contributed by atoms with Crippen LogP contribution in [0.25, 0.3) is 0 Å². The Morgan fingerprint density at radius 1 is 1.22 bits per heavy atom. The van der Waals surface area contributed by atoms with Gasteiger partial charge in [0.2, 0.25) is 0 Å². The second kappa shape index (κ2) is 4.87. The molecule has 1 atom stereocenters. The number of aryl methyl sites for hydroxylation is 1. The summed E-state index contributed by atoms with van der Waals surface area (Å²) in [6.45, 7) is 4.56. The normalized spacial score (nSPS) is 20.4. The molecule has 0 N–H and O–H groups in total. The van der Waals surface area contributed by atoms with E-state index in [-0.39, 0.29) is 0 Å². The Hall–Kier alpha value is -1.12. The fourth-order valence-corrected chi connectivity index (χ4v) is 4.06. The van der Waals surface area contributed by atoms with Crippen LogP contribution in [0.2, 0.25) is 0 Å². The number of thiophene rings is 1. The molecule has 1 aliphatic heterocycles. The second-order valence-electron chi connectivity index (χ2n) is 5.24. The van der Waals surface area contributed by atoms with E-state index in [4.69, 9.17) is 0 Å². The zero-order chi connectivity index (χ0) is 12.5. The summed E-state index contributed by atoms with van der Waals surface area (Å²) in [4.78, 5) is 4.05. The van der Waals surface area contributed by atoms with Gasteiger partial charge in [0.15, 0.2) is 0 Å². The maximum Gasteiger partial charge on any atom is 0.0314 e. The van der Waals surface area contributed by atoms with E-state index in [1.165, 1.54) is 24.1 Å². The van der Waals surface area contributed by atoms with Gasteiger partial charge in [-0.1, -0.05) is 30.3 Å². The van der Waals surface area contributed by atoms with E-state index in [1.807, 2.05) is 11.3 Å². The minimum absolute atomic E-state index is 0.549. The zero-order valence-corrected chi connectivity index (χ0v) is 11.8. The van der Waals surface area contributed by atoms with Gasteiger partial charge in [0.25, 0.3) is 0 Å². The molecule has 94 valence electrons. The van der Waals surface area contributed by atoms with E-state index >= 15 is 0 Å². The molecule has 0 spiro atoms. The molecule has 0 radical (unpaired) electrons. The van der Waals surface area contributed by atoms with Gasteiger partial charge in [0, 0.05) is 23.9 Å². The van der Waals surface area contributed by atoms with Crippen molar-refractivity contribution in [1.82, 2.24) is 4.90 Å². The summed E-state index contributed by atoms with van der Waals surface area (Å²) >= 11 is 1.94. The number of nitrogens with zero attached hydrogens (tertiary/aromatic N) is 1. The molecule has 1 unspecified atom stereocenters. The maximum atomic E-state index is 2.46. The predicted molar refractivity (Wildman–Crippen MR) is 78.5 cm³/mol. The maximum absolute atomic E-state index is 2.46. The highest BCUT2D eigenvalue weighted by atomic mass is 32.1. The summed E-state index contributed by atoms with van der Waals surface area (Å²) in [7, 11) is 2.24. The number of likely N-dealkylation sites (N-methyl/N-ethyl adjacent to an activating group) is 1. The minimum Gasteiger partial charge on any atom is -0.305 e. The molecular formula is C16H19NS. The van der Waals surface area contributed by atoms with E-state index in [2.05, 4.69) is 54.6 Å². The van der Waals surface area contributed by atoms with Crippen molar-refractivity contribution >= 4 is 11.3 Å². The van der Waals surface area contributed by atoms with Crippen molar-refractivity contribution in [3.8, 4) is 0 Å². The van der Waals surface area contributed by atoms with E-state index in [0.717, 1.165) is 6.54 Å². The highest BCUT2D eigenvalue weighted by molar-refractivity contribution is 7.10. The van der Waals surface area contributed by atoms with E-state index in [9.17, 15) is 0 Å². The first-order chi connectivity index (χ1) is 8.75. The first-order valence-electron chi connectivity index (χ1n) is 6.56. The van der Waals surface area contributed by atoms with Crippen molar-refractivity contribution in [2.45, 2.75) is 19.3 Å². The Labute approximate surface area is 113 Å². The van der Waals surface area contributed by atoms with E-state index < -0.39 is 0 Å². The molecular weight excluding hydrogens is 238 g/mol. The van der Waals surface area contributed by atoms with Crippen molar-refractivity contribution in [2.24, 2.45) is 0 Å². The van der Waals surface area contributed by atoms with Gasteiger partial charge in [-0.3, -0.25) is 0 Å². The first-order valence-corrected chi connectivity index (χ1v) is 7.44. The minimum atomic E-state index is 0.549. The van der Waals surface area contributed by atoms with Crippen molar-refractivity contribution in [3.05, 3.63) is 57.3 Å². The van der Waals surface area contributed by atoms with Crippen LogP contribution in [0.15, 0.2) is 35.7 Å². The molecule has 2 heterocycles. The SMILES string of the molecule is Cc1csc2c1CCN(C)CC2c1ccccc1. The molecule has 1 nitrogen and oxygen atoms in total. The molecule has 0 fully saturated rings. The summed E-state index contributed by atoms with van der Waals surface area (Å²) in [5.74, 6) is 0.549. The van der Waals surface area contributed by atoms with Gasteiger partial charge < -0.3 is 4.90 Å². The van der Waals surface area contributed by atoms with Gasteiger partial charge in [-0.25, -0.2) is 0 Å². The monoisotopic (exact) mass is 257 g/mol. The van der Waals surface area contributed by atoms with Gasteiger partial charge in [-0.05, 0) is 42.5 Å². The van der Waals surface area contributed by atoms with Crippen LogP contribution >= 0.6 is 11.3 Å². The fourth-order valence-electron chi connectivity index (χ4n) is 2.83. The van der Waals surface area contributed by atoms with Gasteiger partial charge in [0.1, 0.15) is 0 Å². The summed E-state index contributed by atoms with van der Waals surface area (Å²) in [6, 6.07) is 10.9. The van der Waals surface area contributed by atoms with Crippen LogP contribution in [0.4, 0.5) is 0 Å². The lowest BCUT2D eigenvalue weighted by molar-refractivity contribution is 0.338. The topological polar surface area (TPSA) is 3.24 Å². The van der Waals surface area contributed by atoms with E-state index in [0.29, 0.717) is 5.92 Å². The van der Waals surface area contributed by atoms with Crippen molar-refractivity contribution < 1.29 is 0 Å².